The predicted octanol–water partition coefficient (Wildman–Crippen LogP) is 4.34. The summed E-state index contributed by atoms with van der Waals surface area (Å²) >= 11 is 0. The maximum absolute atomic E-state index is 12.6. The fraction of sp³-hybridized carbons (Fsp3) is 0.400. The molecule has 1 aliphatic rings. The topological polar surface area (TPSA) is 60.2 Å². The van der Waals surface area contributed by atoms with E-state index in [2.05, 4.69) is 28.9 Å². The molecule has 0 spiro atoms. The molecule has 6 heteroatoms. The van der Waals surface area contributed by atoms with Gasteiger partial charge in [-0.05, 0) is 49.4 Å². The van der Waals surface area contributed by atoms with Gasteiger partial charge in [0.2, 0.25) is 5.95 Å². The van der Waals surface area contributed by atoms with Crippen molar-refractivity contribution in [3.8, 4) is 17.0 Å². The number of fused-ring (bicyclic) bond motifs is 1. The number of hydrogen-bond acceptors (Lipinski definition) is 5. The van der Waals surface area contributed by atoms with Crippen molar-refractivity contribution in [2.45, 2.75) is 33.6 Å². The summed E-state index contributed by atoms with van der Waals surface area (Å²) in [4.78, 5) is 23.7. The van der Waals surface area contributed by atoms with Gasteiger partial charge < -0.3 is 9.64 Å². The van der Waals surface area contributed by atoms with E-state index in [-0.39, 0.29) is 5.56 Å². The summed E-state index contributed by atoms with van der Waals surface area (Å²) in [7, 11) is 1.79. The smallest absolute Gasteiger partial charge is 0.255 e. The van der Waals surface area contributed by atoms with E-state index in [1.54, 1.807) is 30.1 Å². The average Bonchev–Trinajstić information content (AvgIpc) is 3.03. The molecule has 0 fully saturated rings. The van der Waals surface area contributed by atoms with Crippen LogP contribution >= 0.6 is 0 Å². The number of para-hydroxylation sites is 1. The Morgan fingerprint density at radius 3 is 2.65 bits per heavy atom. The van der Waals surface area contributed by atoms with Crippen LogP contribution in [0.4, 0.5) is 5.95 Å². The second-order valence-corrected chi connectivity index (χ2v) is 7.43. The van der Waals surface area contributed by atoms with E-state index < -0.39 is 0 Å². The zero-order valence-electron chi connectivity index (χ0n) is 18.9. The van der Waals surface area contributed by atoms with Crippen molar-refractivity contribution in [3.63, 3.8) is 0 Å². The van der Waals surface area contributed by atoms with E-state index in [1.165, 1.54) is 5.56 Å². The van der Waals surface area contributed by atoms with Gasteiger partial charge in [0.05, 0.1) is 12.3 Å². The molecule has 0 saturated carbocycles. The van der Waals surface area contributed by atoms with Crippen molar-refractivity contribution in [1.29, 1.82) is 0 Å². The van der Waals surface area contributed by atoms with Crippen LogP contribution in [0, 0.1) is 5.92 Å². The predicted molar refractivity (Wildman–Crippen MR) is 126 cm³/mol. The molecular weight excluding hydrogens is 388 g/mol. The van der Waals surface area contributed by atoms with E-state index in [1.807, 2.05) is 38.1 Å². The number of benzene rings is 1. The number of anilines is 1. The SMILES string of the molecule is CC.CCN(CC1CCOc2ccccc2C1)c1nc(-c2ccncc2)cc(=O)n1C. The number of hydrogen-bond donors (Lipinski definition) is 0. The lowest BCUT2D eigenvalue weighted by Crippen LogP contribution is -2.36. The van der Waals surface area contributed by atoms with Gasteiger partial charge in [-0.25, -0.2) is 4.98 Å². The highest BCUT2D eigenvalue weighted by Gasteiger charge is 2.22. The standard InChI is InChI=1S/C23H26N4O2.C2H6/c1-3-27(16-17-10-13-29-21-7-5-4-6-19(21)14-17)23-25-20(15-22(28)26(23)2)18-8-11-24-12-9-18;1-2/h4-9,11-12,15,17H,3,10,13-14,16H2,1-2H3;1-2H3. The highest BCUT2D eigenvalue weighted by molar-refractivity contribution is 5.59. The molecule has 1 atom stereocenters. The van der Waals surface area contributed by atoms with Gasteiger partial charge in [0.1, 0.15) is 5.75 Å². The van der Waals surface area contributed by atoms with E-state index in [0.717, 1.165) is 37.2 Å². The Morgan fingerprint density at radius 2 is 1.90 bits per heavy atom. The Kier molecular flexibility index (Phi) is 7.82. The summed E-state index contributed by atoms with van der Waals surface area (Å²) < 4.78 is 7.56. The molecular formula is C25H32N4O2. The van der Waals surface area contributed by atoms with Crippen LogP contribution in [-0.4, -0.2) is 34.2 Å². The molecule has 4 rings (SSSR count). The van der Waals surface area contributed by atoms with Crippen LogP contribution in [0.5, 0.6) is 5.75 Å². The maximum atomic E-state index is 12.6. The Labute approximate surface area is 184 Å². The third-order valence-corrected chi connectivity index (χ3v) is 5.50. The molecule has 1 aliphatic heterocycles. The molecule has 0 bridgehead atoms. The van der Waals surface area contributed by atoms with Crippen molar-refractivity contribution in [2.24, 2.45) is 13.0 Å². The zero-order valence-corrected chi connectivity index (χ0v) is 18.9. The van der Waals surface area contributed by atoms with E-state index in [4.69, 9.17) is 9.72 Å². The Morgan fingerprint density at radius 1 is 1.16 bits per heavy atom. The monoisotopic (exact) mass is 420 g/mol. The number of nitrogens with zero attached hydrogens (tertiary/aromatic N) is 4. The van der Waals surface area contributed by atoms with Crippen LogP contribution in [0.25, 0.3) is 11.3 Å². The van der Waals surface area contributed by atoms with Crippen molar-refractivity contribution in [3.05, 3.63) is 70.8 Å². The Bertz CT molecular complexity index is 1030. The van der Waals surface area contributed by atoms with Gasteiger partial charge in [0.15, 0.2) is 0 Å². The van der Waals surface area contributed by atoms with Gasteiger partial charge in [0, 0.05) is 44.2 Å². The minimum atomic E-state index is -0.0604. The number of ether oxygens (including phenoxy) is 1. The van der Waals surface area contributed by atoms with Crippen LogP contribution in [0.3, 0.4) is 0 Å². The van der Waals surface area contributed by atoms with Gasteiger partial charge in [-0.3, -0.25) is 14.3 Å². The zero-order chi connectivity index (χ0) is 22.2. The molecule has 6 nitrogen and oxygen atoms in total. The highest BCUT2D eigenvalue weighted by Crippen LogP contribution is 2.28. The lowest BCUT2D eigenvalue weighted by molar-refractivity contribution is 0.295. The molecule has 0 aliphatic carbocycles. The van der Waals surface area contributed by atoms with Crippen LogP contribution in [0.15, 0.2) is 59.7 Å². The van der Waals surface area contributed by atoms with Gasteiger partial charge in [0.25, 0.3) is 5.56 Å². The van der Waals surface area contributed by atoms with Crippen LogP contribution in [-0.2, 0) is 13.5 Å². The number of rotatable bonds is 5. The molecule has 0 N–H and O–H groups in total. The largest absolute Gasteiger partial charge is 0.493 e. The van der Waals surface area contributed by atoms with E-state index >= 15 is 0 Å². The van der Waals surface area contributed by atoms with E-state index in [9.17, 15) is 4.79 Å². The average molecular weight is 421 g/mol. The normalized spacial score (nSPS) is 15.0. The van der Waals surface area contributed by atoms with Gasteiger partial charge in [-0.2, -0.15) is 0 Å². The molecule has 31 heavy (non-hydrogen) atoms. The second kappa shape index (κ2) is 10.8. The lowest BCUT2D eigenvalue weighted by atomic mass is 9.96. The minimum absolute atomic E-state index is 0.0604. The van der Waals surface area contributed by atoms with Crippen molar-refractivity contribution < 1.29 is 4.74 Å². The van der Waals surface area contributed by atoms with E-state index in [0.29, 0.717) is 24.2 Å². The highest BCUT2D eigenvalue weighted by atomic mass is 16.5. The molecule has 0 radical (unpaired) electrons. The summed E-state index contributed by atoms with van der Waals surface area (Å²) in [5.74, 6) is 2.12. The third-order valence-electron chi connectivity index (χ3n) is 5.50. The van der Waals surface area contributed by atoms with Crippen molar-refractivity contribution in [1.82, 2.24) is 14.5 Å². The fourth-order valence-corrected chi connectivity index (χ4v) is 3.86. The summed E-state index contributed by atoms with van der Waals surface area (Å²) in [6.45, 7) is 8.42. The van der Waals surface area contributed by atoms with Crippen LogP contribution < -0.4 is 15.2 Å². The summed E-state index contributed by atoms with van der Waals surface area (Å²) in [6, 6.07) is 13.6. The van der Waals surface area contributed by atoms with Crippen molar-refractivity contribution in [2.75, 3.05) is 24.6 Å². The first-order valence-corrected chi connectivity index (χ1v) is 11.1. The first kappa shape index (κ1) is 22.5. The summed E-state index contributed by atoms with van der Waals surface area (Å²) in [5, 5.41) is 0. The van der Waals surface area contributed by atoms with Gasteiger partial charge in [-0.15, -0.1) is 0 Å². The molecule has 2 aromatic heterocycles. The van der Waals surface area contributed by atoms with Crippen molar-refractivity contribution >= 4 is 5.95 Å². The van der Waals surface area contributed by atoms with Crippen LogP contribution in [0.2, 0.25) is 0 Å². The van der Waals surface area contributed by atoms with Gasteiger partial charge in [-0.1, -0.05) is 32.0 Å². The summed E-state index contributed by atoms with van der Waals surface area (Å²) in [6.07, 6.45) is 5.37. The molecule has 1 aromatic carbocycles. The molecule has 164 valence electrons. The number of pyridine rings is 1. The summed E-state index contributed by atoms with van der Waals surface area (Å²) in [5.41, 5.74) is 2.76. The molecule has 0 saturated heterocycles. The lowest BCUT2D eigenvalue weighted by Gasteiger charge is -2.28. The first-order chi connectivity index (χ1) is 15.2. The number of aromatic nitrogens is 3. The maximum Gasteiger partial charge on any atom is 0.255 e. The fourth-order valence-electron chi connectivity index (χ4n) is 3.86. The second-order valence-electron chi connectivity index (χ2n) is 7.43. The minimum Gasteiger partial charge on any atom is -0.493 e. The van der Waals surface area contributed by atoms with Gasteiger partial charge >= 0.3 is 0 Å². The molecule has 3 heterocycles. The first-order valence-electron chi connectivity index (χ1n) is 11.1. The van der Waals surface area contributed by atoms with Crippen LogP contribution in [0.1, 0.15) is 32.8 Å². The quantitative estimate of drug-likeness (QED) is 0.615. The molecule has 0 amide bonds. The molecule has 3 aromatic rings. The Hall–Kier alpha value is -3.15. The Balaban J connectivity index is 0.00000132. The molecule has 1 unspecified atom stereocenters. The third kappa shape index (κ3) is 5.32.